The number of carbonyl (C=O) groups excluding carboxylic acids is 2. The maximum absolute atomic E-state index is 12.2. The van der Waals surface area contributed by atoms with E-state index in [1.807, 2.05) is 38.7 Å². The summed E-state index contributed by atoms with van der Waals surface area (Å²) in [5, 5.41) is 7.87. The van der Waals surface area contributed by atoms with Crippen LogP contribution < -0.4 is 4.74 Å². The number of hydrogen-bond acceptors (Lipinski definition) is 6. The Bertz CT molecular complexity index is 885. The largest absolute Gasteiger partial charge is 0.496 e. The van der Waals surface area contributed by atoms with Crippen LogP contribution in [0.5, 0.6) is 5.75 Å². The Balaban J connectivity index is 0.000000872. The van der Waals surface area contributed by atoms with Gasteiger partial charge in [0.25, 0.3) is 0 Å². The van der Waals surface area contributed by atoms with E-state index in [0.717, 1.165) is 34.6 Å². The number of ketones is 1. The Hall–Kier alpha value is -1.96. The number of rotatable bonds is 9. The maximum Gasteiger partial charge on any atom is 0.233 e. The second-order valence-electron chi connectivity index (χ2n) is 7.42. The van der Waals surface area contributed by atoms with Crippen molar-refractivity contribution < 1.29 is 19.4 Å². The first-order chi connectivity index (χ1) is 16.4. The number of carbonyl (C=O) groups is 2. The minimum Gasteiger partial charge on any atom is -0.496 e. The van der Waals surface area contributed by atoms with E-state index in [0.29, 0.717) is 24.7 Å². The molecule has 2 aromatic rings. The van der Waals surface area contributed by atoms with Crippen LogP contribution in [0.4, 0.5) is 0 Å². The summed E-state index contributed by atoms with van der Waals surface area (Å²) in [4.78, 5) is 25.1. The molecule has 0 bridgehead atoms. The Morgan fingerprint density at radius 3 is 2.29 bits per heavy atom. The summed E-state index contributed by atoms with van der Waals surface area (Å²) in [6.45, 7) is 10.6. The third-order valence-electron chi connectivity index (χ3n) is 4.89. The summed E-state index contributed by atoms with van der Waals surface area (Å²) in [6.07, 6.45) is 0.875. The van der Waals surface area contributed by atoms with Crippen LogP contribution in [0.15, 0.2) is 42.5 Å². The molecule has 0 aromatic heterocycles. The minimum absolute atomic E-state index is 0.00495. The summed E-state index contributed by atoms with van der Waals surface area (Å²) < 4.78 is 5.58. The van der Waals surface area contributed by atoms with Gasteiger partial charge in [0.05, 0.1) is 18.6 Å². The number of methoxy groups -OCH3 is 1. The molecule has 1 aliphatic rings. The fourth-order valence-corrected chi connectivity index (χ4v) is 5.36. The van der Waals surface area contributed by atoms with E-state index in [-0.39, 0.29) is 17.1 Å². The fourth-order valence-electron chi connectivity index (χ4n) is 3.27. The van der Waals surface area contributed by atoms with E-state index < -0.39 is 0 Å². The van der Waals surface area contributed by atoms with Gasteiger partial charge in [0.1, 0.15) is 16.9 Å². The average molecular weight is 506 g/mol. The van der Waals surface area contributed by atoms with Crippen molar-refractivity contribution in [2.75, 3.05) is 31.8 Å². The molecule has 3 rings (SSSR count). The van der Waals surface area contributed by atoms with E-state index >= 15 is 0 Å². The van der Waals surface area contributed by atoms with Crippen LogP contribution in [0.1, 0.15) is 57.5 Å². The molecule has 1 amide bonds. The third-order valence-corrected chi connectivity index (χ3v) is 7.28. The predicted molar refractivity (Wildman–Crippen MR) is 147 cm³/mol. The van der Waals surface area contributed by atoms with Gasteiger partial charge in [-0.2, -0.15) is 0 Å². The van der Waals surface area contributed by atoms with Gasteiger partial charge in [-0.25, -0.2) is 0 Å². The maximum atomic E-state index is 12.2. The highest BCUT2D eigenvalue weighted by molar-refractivity contribution is 8.00. The number of thioether (sulfide) groups is 2. The van der Waals surface area contributed by atoms with Crippen molar-refractivity contribution in [3.63, 3.8) is 0 Å². The van der Waals surface area contributed by atoms with Crippen LogP contribution in [-0.4, -0.2) is 53.5 Å². The molecule has 5 nitrogen and oxygen atoms in total. The number of ether oxygens (including phenoxy) is 1. The van der Waals surface area contributed by atoms with E-state index in [4.69, 9.17) is 9.84 Å². The number of benzene rings is 2. The summed E-state index contributed by atoms with van der Waals surface area (Å²) >= 11 is 3.29. The first kappa shape index (κ1) is 30.1. The molecule has 1 unspecified atom stereocenters. The second-order valence-corrected chi connectivity index (χ2v) is 9.47. The van der Waals surface area contributed by atoms with Crippen molar-refractivity contribution in [3.05, 3.63) is 53.6 Å². The zero-order chi connectivity index (χ0) is 25.5. The molecule has 1 N–H and O–H groups in total. The number of hydrogen-bond donors (Lipinski definition) is 1. The molecule has 188 valence electrons. The molecule has 1 atom stereocenters. The zero-order valence-electron chi connectivity index (χ0n) is 21.3. The van der Waals surface area contributed by atoms with E-state index in [9.17, 15) is 9.59 Å². The van der Waals surface area contributed by atoms with Gasteiger partial charge >= 0.3 is 0 Å². The Morgan fingerprint density at radius 1 is 1.15 bits per heavy atom. The van der Waals surface area contributed by atoms with Crippen molar-refractivity contribution in [1.82, 2.24) is 4.90 Å². The van der Waals surface area contributed by atoms with Gasteiger partial charge < -0.3 is 14.7 Å². The monoisotopic (exact) mass is 505 g/mol. The lowest BCUT2D eigenvalue weighted by Crippen LogP contribution is -2.27. The van der Waals surface area contributed by atoms with Gasteiger partial charge in [0.15, 0.2) is 0 Å². The lowest BCUT2D eigenvalue weighted by atomic mass is 10.0. The van der Waals surface area contributed by atoms with Gasteiger partial charge in [-0.1, -0.05) is 51.1 Å². The van der Waals surface area contributed by atoms with E-state index in [1.54, 1.807) is 37.6 Å². The van der Waals surface area contributed by atoms with Crippen molar-refractivity contribution in [2.45, 2.75) is 52.2 Å². The van der Waals surface area contributed by atoms with Crippen molar-refractivity contribution >= 4 is 35.2 Å². The smallest absolute Gasteiger partial charge is 0.233 e. The first-order valence-electron chi connectivity index (χ1n) is 11.8. The van der Waals surface area contributed by atoms with Crippen LogP contribution in [0.2, 0.25) is 0 Å². The molecule has 0 radical (unpaired) electrons. The quantitative estimate of drug-likeness (QED) is 0.438. The van der Waals surface area contributed by atoms with Gasteiger partial charge in [0.2, 0.25) is 5.91 Å². The van der Waals surface area contributed by atoms with E-state index in [1.165, 1.54) is 5.56 Å². The van der Waals surface area contributed by atoms with E-state index in [2.05, 4.69) is 36.4 Å². The summed E-state index contributed by atoms with van der Waals surface area (Å²) in [5.41, 5.74) is 4.48. The molecule has 0 aliphatic carbocycles. The Labute approximate surface area is 213 Å². The predicted octanol–water partition coefficient (Wildman–Crippen LogP) is 6.19. The molecule has 1 aliphatic heterocycles. The van der Waals surface area contributed by atoms with Crippen molar-refractivity contribution in [2.24, 2.45) is 0 Å². The lowest BCUT2D eigenvalue weighted by molar-refractivity contribution is -0.127. The van der Waals surface area contributed by atoms with Crippen LogP contribution in [0.25, 0.3) is 11.1 Å². The molecule has 1 fully saturated rings. The number of aliphatic hydroxyl groups excluding tert-OH is 1. The van der Waals surface area contributed by atoms with Crippen molar-refractivity contribution in [3.8, 4) is 16.9 Å². The highest BCUT2D eigenvalue weighted by atomic mass is 32.2. The second kappa shape index (κ2) is 16.6. The number of amides is 1. The number of aliphatic hydroxyl groups is 1. The zero-order valence-corrected chi connectivity index (χ0v) is 22.9. The number of nitrogens with zero attached hydrogens (tertiary/aromatic N) is 1. The van der Waals surface area contributed by atoms with Crippen LogP contribution in [0.3, 0.4) is 0 Å². The fraction of sp³-hybridized carbons (Fsp3) is 0.481. The number of Topliss-reactive ketones (excluding diaryl/α,β-unsaturated/α-hetero) is 1. The van der Waals surface area contributed by atoms with Gasteiger partial charge in [-0.3, -0.25) is 9.59 Å². The molecular weight excluding hydrogens is 466 g/mol. The third kappa shape index (κ3) is 9.01. The molecule has 34 heavy (non-hydrogen) atoms. The standard InChI is InChI=1S/C22H25NO3S2.C3H8O.C2H6/c1-4-23-21(25)14-28-22(23)19-11-18(9-10-20(19)26-3)17-7-5-16(6-8-17)13-27-12-15(2)24;1-2-3-4;1-2/h5-11,22H,4,12-14H2,1-3H3;4H,2-3H2,1H3;1-2H3. The van der Waals surface area contributed by atoms with Crippen LogP contribution in [-0.2, 0) is 15.3 Å². The molecule has 2 aromatic carbocycles. The van der Waals surface area contributed by atoms with Crippen molar-refractivity contribution in [1.29, 1.82) is 0 Å². The molecule has 1 saturated heterocycles. The molecule has 0 spiro atoms. The summed E-state index contributed by atoms with van der Waals surface area (Å²) in [5.74, 6) is 3.09. The first-order valence-corrected chi connectivity index (χ1v) is 14.0. The average Bonchev–Trinajstić information content (AvgIpc) is 3.25. The Morgan fingerprint density at radius 2 is 1.76 bits per heavy atom. The van der Waals surface area contributed by atoms with Gasteiger partial charge in [0, 0.05) is 24.5 Å². The molecule has 1 heterocycles. The normalized spacial score (nSPS) is 14.6. The highest BCUT2D eigenvalue weighted by Crippen LogP contribution is 2.43. The van der Waals surface area contributed by atoms with Crippen LogP contribution in [0, 0.1) is 0 Å². The SMILES string of the molecule is CC.CCCO.CCN1C(=O)CSC1c1cc(-c2ccc(CSCC(C)=O)cc2)ccc1OC. The summed E-state index contributed by atoms with van der Waals surface area (Å²) in [6, 6.07) is 14.6. The molecule has 0 saturated carbocycles. The topological polar surface area (TPSA) is 66.8 Å². The summed E-state index contributed by atoms with van der Waals surface area (Å²) in [7, 11) is 1.67. The Kier molecular flexibility index (Phi) is 14.7. The van der Waals surface area contributed by atoms with Gasteiger partial charge in [-0.15, -0.1) is 23.5 Å². The highest BCUT2D eigenvalue weighted by Gasteiger charge is 2.33. The van der Waals surface area contributed by atoms with Crippen LogP contribution >= 0.6 is 23.5 Å². The lowest BCUT2D eigenvalue weighted by Gasteiger charge is -2.24. The minimum atomic E-state index is -0.00495. The molecular formula is C27H39NO4S2. The molecule has 7 heteroatoms. The van der Waals surface area contributed by atoms with Gasteiger partial charge in [-0.05, 0) is 49.1 Å².